The first-order valence-corrected chi connectivity index (χ1v) is 8.96. The number of hydrogen-bond donors (Lipinski definition) is 1. The molecular formula is C21H22ClNO4. The van der Waals surface area contributed by atoms with E-state index in [4.69, 9.17) is 21.1 Å². The van der Waals surface area contributed by atoms with Crippen molar-refractivity contribution >= 4 is 29.2 Å². The van der Waals surface area contributed by atoms with Gasteiger partial charge >= 0.3 is 5.97 Å². The molecule has 0 spiro atoms. The molecule has 142 valence electrons. The number of anilines is 1. The molecule has 0 bridgehead atoms. The van der Waals surface area contributed by atoms with Crippen LogP contribution in [0.4, 0.5) is 5.69 Å². The number of nitrogens with one attached hydrogen (secondary N) is 1. The van der Waals surface area contributed by atoms with Gasteiger partial charge in [0.2, 0.25) is 0 Å². The fourth-order valence-electron chi connectivity index (χ4n) is 2.12. The predicted molar refractivity (Wildman–Crippen MR) is 106 cm³/mol. The van der Waals surface area contributed by atoms with Crippen LogP contribution in [0.25, 0.3) is 0 Å². The van der Waals surface area contributed by atoms with Gasteiger partial charge in [-0.05, 0) is 68.3 Å². The Labute approximate surface area is 163 Å². The number of carbonyl (C=O) groups excluding carboxylic acids is 2. The number of ether oxygens (including phenoxy) is 2. The van der Waals surface area contributed by atoms with Crippen LogP contribution < -0.4 is 10.1 Å². The zero-order chi connectivity index (χ0) is 19.6. The number of benzene rings is 2. The summed E-state index contributed by atoms with van der Waals surface area (Å²) in [6, 6.07) is 13.8. The van der Waals surface area contributed by atoms with E-state index in [1.807, 2.05) is 0 Å². The lowest BCUT2D eigenvalue weighted by molar-refractivity contribution is -0.139. The monoisotopic (exact) mass is 387 g/mol. The molecule has 1 N–H and O–H groups in total. The molecule has 0 atom stereocenters. The molecule has 0 aliphatic rings. The van der Waals surface area contributed by atoms with Crippen LogP contribution in [0, 0.1) is 0 Å². The van der Waals surface area contributed by atoms with Crippen molar-refractivity contribution in [2.75, 3.05) is 18.5 Å². The maximum absolute atomic E-state index is 12.2. The van der Waals surface area contributed by atoms with Gasteiger partial charge in [0, 0.05) is 21.8 Å². The largest absolute Gasteiger partial charge is 0.494 e. The third-order valence-electron chi connectivity index (χ3n) is 3.61. The Kier molecular flexibility index (Phi) is 7.89. The number of hydrogen-bond acceptors (Lipinski definition) is 4. The van der Waals surface area contributed by atoms with E-state index in [1.54, 1.807) is 55.5 Å². The number of unbranched alkanes of at least 4 members (excludes halogenated alkanes) is 1. The molecule has 0 saturated heterocycles. The lowest BCUT2D eigenvalue weighted by Crippen LogP contribution is -2.11. The third-order valence-corrected chi connectivity index (χ3v) is 3.86. The zero-order valence-corrected chi connectivity index (χ0v) is 15.9. The number of carbonyl (C=O) groups is 2. The van der Waals surface area contributed by atoms with Crippen LogP contribution >= 0.6 is 11.6 Å². The van der Waals surface area contributed by atoms with Gasteiger partial charge in [0.25, 0.3) is 5.91 Å². The predicted octanol–water partition coefficient (Wildman–Crippen LogP) is 4.87. The average Bonchev–Trinajstić information content (AvgIpc) is 2.66. The van der Waals surface area contributed by atoms with Crippen molar-refractivity contribution in [2.45, 2.75) is 19.8 Å². The summed E-state index contributed by atoms with van der Waals surface area (Å²) in [4.78, 5) is 23.4. The molecule has 0 aliphatic carbocycles. The summed E-state index contributed by atoms with van der Waals surface area (Å²) in [7, 11) is 0. The van der Waals surface area contributed by atoms with Crippen molar-refractivity contribution in [3.05, 3.63) is 71.3 Å². The molecule has 2 aromatic carbocycles. The number of halogens is 1. The van der Waals surface area contributed by atoms with Crippen LogP contribution in [0.3, 0.4) is 0 Å². The van der Waals surface area contributed by atoms with Crippen LogP contribution in [0.5, 0.6) is 5.75 Å². The van der Waals surface area contributed by atoms with Gasteiger partial charge < -0.3 is 14.8 Å². The fraction of sp³-hybridized carbons (Fsp3) is 0.238. The highest BCUT2D eigenvalue weighted by Gasteiger charge is 2.06. The lowest BCUT2D eigenvalue weighted by atomic mass is 10.2. The Morgan fingerprint density at radius 2 is 1.63 bits per heavy atom. The van der Waals surface area contributed by atoms with E-state index < -0.39 is 0 Å². The standard InChI is InChI=1S/C21H22ClNO4/c1-15(2)21(25)27-14-4-3-13-26-19-11-5-16(6-12-19)20(24)23-18-9-7-17(22)8-10-18/h5-12H,1,3-4,13-14H2,2H3,(H,23,24). The van der Waals surface area contributed by atoms with Gasteiger partial charge in [-0.1, -0.05) is 18.2 Å². The second kappa shape index (κ2) is 10.4. The Balaban J connectivity index is 1.71. The smallest absolute Gasteiger partial charge is 0.333 e. The summed E-state index contributed by atoms with van der Waals surface area (Å²) in [6.45, 7) is 5.99. The molecule has 0 fully saturated rings. The summed E-state index contributed by atoms with van der Waals surface area (Å²) in [5.74, 6) is 0.101. The molecular weight excluding hydrogens is 366 g/mol. The quantitative estimate of drug-likeness (QED) is 0.378. The Morgan fingerprint density at radius 1 is 1.00 bits per heavy atom. The van der Waals surface area contributed by atoms with Gasteiger partial charge in [0.15, 0.2) is 0 Å². The second-order valence-electron chi connectivity index (χ2n) is 5.96. The zero-order valence-electron chi connectivity index (χ0n) is 15.2. The minimum absolute atomic E-state index is 0.205. The van der Waals surface area contributed by atoms with Crippen LogP contribution in [0.15, 0.2) is 60.7 Å². The van der Waals surface area contributed by atoms with E-state index in [0.717, 1.165) is 6.42 Å². The summed E-state index contributed by atoms with van der Waals surface area (Å²) < 4.78 is 10.6. The van der Waals surface area contributed by atoms with Crippen molar-refractivity contribution in [3.8, 4) is 5.75 Å². The molecule has 0 radical (unpaired) electrons. The van der Waals surface area contributed by atoms with Crippen molar-refractivity contribution < 1.29 is 19.1 Å². The minimum atomic E-state index is -0.372. The van der Waals surface area contributed by atoms with E-state index in [0.29, 0.717) is 47.2 Å². The van der Waals surface area contributed by atoms with Gasteiger partial charge in [0.1, 0.15) is 5.75 Å². The number of rotatable bonds is 9. The molecule has 6 heteroatoms. The molecule has 27 heavy (non-hydrogen) atoms. The highest BCUT2D eigenvalue weighted by atomic mass is 35.5. The molecule has 2 rings (SSSR count). The van der Waals surface area contributed by atoms with Crippen molar-refractivity contribution in [3.63, 3.8) is 0 Å². The first-order valence-electron chi connectivity index (χ1n) is 8.58. The van der Waals surface area contributed by atoms with Crippen molar-refractivity contribution in [1.82, 2.24) is 0 Å². The normalized spacial score (nSPS) is 10.1. The molecule has 5 nitrogen and oxygen atoms in total. The van der Waals surface area contributed by atoms with E-state index in [2.05, 4.69) is 11.9 Å². The van der Waals surface area contributed by atoms with Gasteiger partial charge in [-0.25, -0.2) is 4.79 Å². The van der Waals surface area contributed by atoms with Gasteiger partial charge in [-0.2, -0.15) is 0 Å². The molecule has 2 aromatic rings. The second-order valence-corrected chi connectivity index (χ2v) is 6.39. The average molecular weight is 388 g/mol. The van der Waals surface area contributed by atoms with Gasteiger partial charge in [-0.3, -0.25) is 4.79 Å². The van der Waals surface area contributed by atoms with Crippen LogP contribution in [0.2, 0.25) is 5.02 Å². The van der Waals surface area contributed by atoms with E-state index >= 15 is 0 Å². The summed E-state index contributed by atoms with van der Waals surface area (Å²) in [5, 5.41) is 3.42. The molecule has 0 aliphatic heterocycles. The Hall–Kier alpha value is -2.79. The molecule has 0 heterocycles. The highest BCUT2D eigenvalue weighted by Crippen LogP contribution is 2.16. The van der Waals surface area contributed by atoms with E-state index in [9.17, 15) is 9.59 Å². The topological polar surface area (TPSA) is 64.6 Å². The minimum Gasteiger partial charge on any atom is -0.494 e. The third kappa shape index (κ3) is 7.15. The SMILES string of the molecule is C=C(C)C(=O)OCCCCOc1ccc(C(=O)Nc2ccc(Cl)cc2)cc1. The maximum atomic E-state index is 12.2. The summed E-state index contributed by atoms with van der Waals surface area (Å²) in [6.07, 6.45) is 1.46. The number of esters is 1. The summed E-state index contributed by atoms with van der Waals surface area (Å²) >= 11 is 5.83. The first kappa shape index (κ1) is 20.5. The van der Waals surface area contributed by atoms with Crippen LogP contribution in [-0.4, -0.2) is 25.1 Å². The van der Waals surface area contributed by atoms with Gasteiger partial charge in [-0.15, -0.1) is 0 Å². The molecule has 0 unspecified atom stereocenters. The molecule has 1 amide bonds. The van der Waals surface area contributed by atoms with Crippen LogP contribution in [-0.2, 0) is 9.53 Å². The van der Waals surface area contributed by atoms with Crippen LogP contribution in [0.1, 0.15) is 30.1 Å². The Morgan fingerprint density at radius 3 is 2.26 bits per heavy atom. The van der Waals surface area contributed by atoms with Gasteiger partial charge in [0.05, 0.1) is 13.2 Å². The van der Waals surface area contributed by atoms with Crippen molar-refractivity contribution in [2.24, 2.45) is 0 Å². The van der Waals surface area contributed by atoms with E-state index in [1.165, 1.54) is 0 Å². The number of amides is 1. The lowest BCUT2D eigenvalue weighted by Gasteiger charge is -2.08. The maximum Gasteiger partial charge on any atom is 0.333 e. The summed E-state index contributed by atoms with van der Waals surface area (Å²) in [5.41, 5.74) is 1.60. The first-order chi connectivity index (χ1) is 13.0. The molecule has 0 saturated carbocycles. The fourth-order valence-corrected chi connectivity index (χ4v) is 2.25. The Bertz CT molecular complexity index is 785. The van der Waals surface area contributed by atoms with E-state index in [-0.39, 0.29) is 11.9 Å². The molecule has 0 aromatic heterocycles. The van der Waals surface area contributed by atoms with Crippen molar-refractivity contribution in [1.29, 1.82) is 0 Å². The highest BCUT2D eigenvalue weighted by molar-refractivity contribution is 6.30.